The van der Waals surface area contributed by atoms with E-state index < -0.39 is 4.92 Å². The highest BCUT2D eigenvalue weighted by atomic mass is 35.5. The zero-order chi connectivity index (χ0) is 14.7. The van der Waals surface area contributed by atoms with Crippen LogP contribution in [0.1, 0.15) is 18.2 Å². The van der Waals surface area contributed by atoms with E-state index in [1.807, 2.05) is 20.2 Å². The van der Waals surface area contributed by atoms with Crippen molar-refractivity contribution in [1.82, 2.24) is 19.7 Å². The van der Waals surface area contributed by atoms with E-state index in [4.69, 9.17) is 11.6 Å². The number of nitrogens with one attached hydrogen (secondary N) is 1. The average molecular weight is 297 g/mol. The summed E-state index contributed by atoms with van der Waals surface area (Å²) in [6.07, 6.45) is 3.83. The number of aromatic nitrogens is 4. The third-order valence-corrected chi connectivity index (χ3v) is 3.01. The van der Waals surface area contributed by atoms with Gasteiger partial charge >= 0.3 is 5.69 Å². The third-order valence-electron chi connectivity index (χ3n) is 2.73. The summed E-state index contributed by atoms with van der Waals surface area (Å²) < 4.78 is 1.71. The van der Waals surface area contributed by atoms with Gasteiger partial charge in [0, 0.05) is 25.4 Å². The monoisotopic (exact) mass is 296 g/mol. The van der Waals surface area contributed by atoms with Crippen molar-refractivity contribution in [3.63, 3.8) is 0 Å². The quantitative estimate of drug-likeness (QED) is 0.514. The van der Waals surface area contributed by atoms with Gasteiger partial charge in [0.25, 0.3) is 0 Å². The number of rotatable bonds is 5. The van der Waals surface area contributed by atoms with Crippen molar-refractivity contribution in [2.45, 2.75) is 19.9 Å². The van der Waals surface area contributed by atoms with Gasteiger partial charge in [0.1, 0.15) is 6.33 Å². The van der Waals surface area contributed by atoms with Crippen molar-refractivity contribution < 1.29 is 4.92 Å². The van der Waals surface area contributed by atoms with E-state index in [1.54, 1.807) is 4.68 Å². The van der Waals surface area contributed by atoms with Gasteiger partial charge in [-0.15, -0.1) is 0 Å². The lowest BCUT2D eigenvalue weighted by atomic mass is 10.2. The molecular weight excluding hydrogens is 284 g/mol. The highest BCUT2D eigenvalue weighted by Gasteiger charge is 2.21. The fraction of sp³-hybridized carbons (Fsp3) is 0.364. The highest BCUT2D eigenvalue weighted by molar-refractivity contribution is 6.31. The Labute approximate surface area is 120 Å². The van der Waals surface area contributed by atoms with Crippen LogP contribution < -0.4 is 5.32 Å². The molecule has 0 aliphatic carbocycles. The molecule has 0 atom stereocenters. The van der Waals surface area contributed by atoms with Crippen LogP contribution in [0.2, 0.25) is 5.15 Å². The van der Waals surface area contributed by atoms with Gasteiger partial charge in [-0.05, 0) is 6.42 Å². The van der Waals surface area contributed by atoms with Crippen LogP contribution >= 0.6 is 11.6 Å². The second-order valence-corrected chi connectivity index (χ2v) is 4.46. The molecule has 0 unspecified atom stereocenters. The number of aryl methyl sites for hydroxylation is 2. The van der Waals surface area contributed by atoms with Gasteiger partial charge in [-0.25, -0.2) is 9.97 Å². The van der Waals surface area contributed by atoms with E-state index in [0.29, 0.717) is 6.54 Å². The van der Waals surface area contributed by atoms with Crippen molar-refractivity contribution in [2.75, 3.05) is 5.32 Å². The van der Waals surface area contributed by atoms with Crippen LogP contribution in [-0.4, -0.2) is 24.7 Å². The Morgan fingerprint density at radius 3 is 2.90 bits per heavy atom. The molecule has 9 heteroatoms. The van der Waals surface area contributed by atoms with E-state index in [-0.39, 0.29) is 16.7 Å². The molecule has 0 aliphatic rings. The zero-order valence-corrected chi connectivity index (χ0v) is 11.8. The highest BCUT2D eigenvalue weighted by Crippen LogP contribution is 2.28. The fourth-order valence-electron chi connectivity index (χ4n) is 1.86. The second kappa shape index (κ2) is 5.83. The molecule has 1 N–H and O–H groups in total. The van der Waals surface area contributed by atoms with Gasteiger partial charge in [-0.2, -0.15) is 5.10 Å². The number of halogens is 1. The summed E-state index contributed by atoms with van der Waals surface area (Å²) in [5.41, 5.74) is 1.57. The van der Waals surface area contributed by atoms with Crippen molar-refractivity contribution in [2.24, 2.45) is 7.05 Å². The Kier molecular flexibility index (Phi) is 4.14. The number of hydrogen-bond acceptors (Lipinski definition) is 6. The molecule has 0 aromatic carbocycles. The van der Waals surface area contributed by atoms with Gasteiger partial charge in [-0.1, -0.05) is 18.5 Å². The van der Waals surface area contributed by atoms with Gasteiger partial charge in [0.2, 0.25) is 11.0 Å². The molecule has 0 spiro atoms. The fourth-order valence-corrected chi connectivity index (χ4v) is 2.06. The summed E-state index contributed by atoms with van der Waals surface area (Å²) in [4.78, 5) is 17.8. The molecule has 0 radical (unpaired) electrons. The van der Waals surface area contributed by atoms with Crippen molar-refractivity contribution in [3.05, 3.63) is 39.0 Å². The normalized spacial score (nSPS) is 10.6. The molecule has 0 fully saturated rings. The molecular formula is C11H13ClN6O2. The topological polar surface area (TPSA) is 98.8 Å². The lowest BCUT2D eigenvalue weighted by Gasteiger charge is -2.06. The molecule has 0 saturated heterocycles. The number of hydrogen-bond donors (Lipinski definition) is 1. The van der Waals surface area contributed by atoms with Crippen LogP contribution in [0.3, 0.4) is 0 Å². The van der Waals surface area contributed by atoms with Crippen molar-refractivity contribution in [3.8, 4) is 0 Å². The van der Waals surface area contributed by atoms with E-state index in [9.17, 15) is 10.1 Å². The molecule has 2 aromatic rings. The molecule has 20 heavy (non-hydrogen) atoms. The number of nitrogens with zero attached hydrogens (tertiary/aromatic N) is 5. The van der Waals surface area contributed by atoms with Crippen molar-refractivity contribution in [1.29, 1.82) is 0 Å². The van der Waals surface area contributed by atoms with Crippen LogP contribution in [-0.2, 0) is 20.0 Å². The lowest BCUT2D eigenvalue weighted by molar-refractivity contribution is -0.384. The minimum Gasteiger partial charge on any atom is -0.360 e. The van der Waals surface area contributed by atoms with Crippen LogP contribution in [0.15, 0.2) is 12.5 Å². The predicted molar refractivity (Wildman–Crippen MR) is 73.6 cm³/mol. The average Bonchev–Trinajstić information content (AvgIpc) is 2.76. The Balaban J connectivity index is 2.23. The van der Waals surface area contributed by atoms with Gasteiger partial charge < -0.3 is 5.32 Å². The molecule has 0 amide bonds. The van der Waals surface area contributed by atoms with E-state index >= 15 is 0 Å². The standard InChI is InChI=1S/C11H13ClN6O2/c1-3-8-7(5-17(2)16-8)4-13-11-9(18(19)20)10(12)14-6-15-11/h5-6H,3-4H2,1-2H3,(H,13,14,15). The molecule has 0 aliphatic heterocycles. The first-order valence-corrected chi connectivity index (χ1v) is 6.30. The van der Waals surface area contributed by atoms with Crippen molar-refractivity contribution >= 4 is 23.1 Å². The Morgan fingerprint density at radius 2 is 2.25 bits per heavy atom. The first-order valence-electron chi connectivity index (χ1n) is 5.93. The summed E-state index contributed by atoms with van der Waals surface area (Å²) in [6.45, 7) is 2.38. The van der Waals surface area contributed by atoms with Gasteiger partial charge in [-0.3, -0.25) is 14.8 Å². The second-order valence-electron chi connectivity index (χ2n) is 4.10. The Morgan fingerprint density at radius 1 is 1.50 bits per heavy atom. The lowest BCUT2D eigenvalue weighted by Crippen LogP contribution is -2.06. The molecule has 2 heterocycles. The first kappa shape index (κ1) is 14.2. The van der Waals surface area contributed by atoms with E-state index in [2.05, 4.69) is 20.4 Å². The maximum atomic E-state index is 11.0. The zero-order valence-electron chi connectivity index (χ0n) is 11.0. The number of anilines is 1. The van der Waals surface area contributed by atoms with Gasteiger partial charge in [0.05, 0.1) is 10.6 Å². The first-order chi connectivity index (χ1) is 9.52. The maximum absolute atomic E-state index is 11.0. The summed E-state index contributed by atoms with van der Waals surface area (Å²) in [5, 5.41) is 18.0. The van der Waals surface area contributed by atoms with E-state index in [0.717, 1.165) is 17.7 Å². The van der Waals surface area contributed by atoms with Crippen LogP contribution in [0, 0.1) is 10.1 Å². The summed E-state index contributed by atoms with van der Waals surface area (Å²) >= 11 is 5.72. The number of nitro groups is 1. The van der Waals surface area contributed by atoms with Gasteiger partial charge in [0.15, 0.2) is 0 Å². The Bertz CT molecular complexity index is 642. The van der Waals surface area contributed by atoms with Crippen LogP contribution in [0.4, 0.5) is 11.5 Å². The maximum Gasteiger partial charge on any atom is 0.348 e. The minimum atomic E-state index is -0.603. The molecule has 0 bridgehead atoms. The molecule has 2 aromatic heterocycles. The summed E-state index contributed by atoms with van der Waals surface area (Å²) in [6, 6.07) is 0. The molecule has 106 valence electrons. The summed E-state index contributed by atoms with van der Waals surface area (Å²) in [5.74, 6) is 0.0981. The molecule has 8 nitrogen and oxygen atoms in total. The Hall–Kier alpha value is -2.22. The third kappa shape index (κ3) is 2.85. The largest absolute Gasteiger partial charge is 0.360 e. The molecule has 0 saturated carbocycles. The predicted octanol–water partition coefficient (Wildman–Crippen LogP) is 1.95. The smallest absolute Gasteiger partial charge is 0.348 e. The van der Waals surface area contributed by atoms with Crippen LogP contribution in [0.25, 0.3) is 0 Å². The molecule has 2 rings (SSSR count). The summed E-state index contributed by atoms with van der Waals surface area (Å²) in [7, 11) is 1.83. The minimum absolute atomic E-state index is 0.0981. The SMILES string of the molecule is CCc1nn(C)cc1CNc1ncnc(Cl)c1[N+](=O)[O-]. The van der Waals surface area contributed by atoms with E-state index in [1.165, 1.54) is 6.33 Å². The van der Waals surface area contributed by atoms with Crippen LogP contribution in [0.5, 0.6) is 0 Å².